The highest BCUT2D eigenvalue weighted by Crippen LogP contribution is 2.19. The molecule has 0 fully saturated rings. The van der Waals surface area contributed by atoms with E-state index in [1.54, 1.807) is 11.6 Å². The average Bonchev–Trinajstić information content (AvgIpc) is 2.53. The molecule has 0 aliphatic heterocycles. The van der Waals surface area contributed by atoms with Gasteiger partial charge in [-0.25, -0.2) is 0 Å². The lowest BCUT2D eigenvalue weighted by atomic mass is 10.6. The third-order valence-electron chi connectivity index (χ3n) is 1.69. The number of rotatable bonds is 5. The van der Waals surface area contributed by atoms with Crippen LogP contribution in [-0.2, 0) is 18.3 Å². The van der Waals surface area contributed by atoms with Gasteiger partial charge in [-0.05, 0) is 0 Å². The average molecular weight is 256 g/mol. The van der Waals surface area contributed by atoms with Crippen molar-refractivity contribution in [3.63, 3.8) is 0 Å². The van der Waals surface area contributed by atoms with Crippen molar-refractivity contribution in [1.82, 2.24) is 14.8 Å². The van der Waals surface area contributed by atoms with Crippen molar-refractivity contribution in [2.24, 2.45) is 12.8 Å². The molecule has 0 aliphatic carbocycles. The quantitative estimate of drug-likeness (QED) is 0.626. The first kappa shape index (κ1) is 13.3. The van der Waals surface area contributed by atoms with Crippen LogP contribution in [0.15, 0.2) is 5.16 Å². The smallest absolute Gasteiger partial charge is 0.324 e. The van der Waals surface area contributed by atoms with Gasteiger partial charge in [-0.15, -0.1) is 23.4 Å². The molecule has 1 rings (SSSR count). The fourth-order valence-electron chi connectivity index (χ4n) is 0.939. The van der Waals surface area contributed by atoms with Crippen LogP contribution in [0.2, 0.25) is 0 Å². The predicted molar refractivity (Wildman–Crippen MR) is 51.6 cm³/mol. The van der Waals surface area contributed by atoms with Crippen LogP contribution >= 0.6 is 11.8 Å². The van der Waals surface area contributed by atoms with Gasteiger partial charge in [-0.3, -0.25) is 4.74 Å². The number of nitrogens with two attached hydrogens (primary N) is 1. The Kier molecular flexibility index (Phi) is 4.56. The minimum Gasteiger partial charge on any atom is -0.324 e. The molecule has 0 spiro atoms. The van der Waals surface area contributed by atoms with Crippen molar-refractivity contribution in [2.75, 3.05) is 12.4 Å². The van der Waals surface area contributed by atoms with E-state index in [-0.39, 0.29) is 12.3 Å². The lowest BCUT2D eigenvalue weighted by Gasteiger charge is -2.06. The number of alkyl halides is 3. The zero-order valence-electron chi connectivity index (χ0n) is 8.49. The summed E-state index contributed by atoms with van der Waals surface area (Å²) in [6.45, 7) is -0.178. The van der Waals surface area contributed by atoms with Gasteiger partial charge in [0.1, 0.15) is 5.82 Å². The van der Waals surface area contributed by atoms with Crippen molar-refractivity contribution in [1.29, 1.82) is 0 Å². The van der Waals surface area contributed by atoms with Gasteiger partial charge in [0.2, 0.25) is 0 Å². The molecule has 0 aliphatic rings. The summed E-state index contributed by atoms with van der Waals surface area (Å²) < 4.78 is 40.2. The van der Waals surface area contributed by atoms with Crippen LogP contribution in [0.5, 0.6) is 0 Å². The molecule has 1 aromatic rings. The third-order valence-corrected chi connectivity index (χ3v) is 2.67. The first-order chi connectivity index (χ1) is 7.44. The molecule has 5 nitrogen and oxygen atoms in total. The summed E-state index contributed by atoms with van der Waals surface area (Å²) in [6, 6.07) is 0. The molecule has 16 heavy (non-hydrogen) atoms. The molecule has 0 bridgehead atoms. The predicted octanol–water partition coefficient (Wildman–Crippen LogP) is 0.902. The Labute approximate surface area is 94.2 Å². The van der Waals surface area contributed by atoms with E-state index < -0.39 is 13.0 Å². The summed E-state index contributed by atoms with van der Waals surface area (Å²) in [6.07, 6.45) is -4.58. The minimum absolute atomic E-state index is 0.149. The fourth-order valence-corrected chi connectivity index (χ4v) is 1.69. The molecule has 9 heteroatoms. The highest BCUT2D eigenvalue weighted by Gasteiger charge is 2.28. The summed E-state index contributed by atoms with van der Waals surface area (Å²) >= 11 is 1.13. The van der Waals surface area contributed by atoms with Gasteiger partial charge in [0, 0.05) is 12.8 Å². The van der Waals surface area contributed by atoms with Crippen LogP contribution in [-0.4, -0.2) is 33.5 Å². The van der Waals surface area contributed by atoms with E-state index in [1.807, 2.05) is 0 Å². The van der Waals surface area contributed by atoms with Crippen LogP contribution in [0.4, 0.5) is 13.2 Å². The summed E-state index contributed by atoms with van der Waals surface area (Å²) in [4.78, 5) is 0. The van der Waals surface area contributed by atoms with E-state index in [9.17, 15) is 13.2 Å². The summed E-state index contributed by atoms with van der Waals surface area (Å²) in [5, 5.41) is 8.07. The van der Waals surface area contributed by atoms with E-state index >= 15 is 0 Å². The first-order valence-electron chi connectivity index (χ1n) is 4.36. The van der Waals surface area contributed by atoms with Crippen molar-refractivity contribution in [2.45, 2.75) is 18.1 Å². The summed E-state index contributed by atoms with van der Waals surface area (Å²) in [5.41, 5.74) is 5.37. The first-order valence-corrected chi connectivity index (χ1v) is 5.34. The monoisotopic (exact) mass is 256 g/mol. The zero-order chi connectivity index (χ0) is 12.2. The van der Waals surface area contributed by atoms with Gasteiger partial charge in [-0.1, -0.05) is 11.8 Å². The van der Waals surface area contributed by atoms with Gasteiger partial charge in [-0.2, -0.15) is 0 Å². The van der Waals surface area contributed by atoms with Crippen LogP contribution in [0.1, 0.15) is 5.82 Å². The number of thioether (sulfide) groups is 1. The van der Waals surface area contributed by atoms with Crippen LogP contribution < -0.4 is 5.73 Å². The molecule has 2 N–H and O–H groups in total. The second-order valence-electron chi connectivity index (χ2n) is 2.80. The molecular weight excluding hydrogens is 245 g/mol. The maximum atomic E-state index is 11.6. The van der Waals surface area contributed by atoms with Crippen molar-refractivity contribution >= 4 is 11.8 Å². The maximum absolute atomic E-state index is 11.6. The second-order valence-corrected chi connectivity index (χ2v) is 3.87. The molecule has 92 valence electrons. The van der Waals surface area contributed by atoms with E-state index in [1.165, 1.54) is 0 Å². The zero-order valence-corrected chi connectivity index (χ0v) is 9.31. The Morgan fingerprint density at radius 2 is 2.12 bits per heavy atom. The number of halogens is 3. The largest absolute Gasteiger partial charge is 0.522 e. The van der Waals surface area contributed by atoms with E-state index in [2.05, 4.69) is 14.9 Å². The van der Waals surface area contributed by atoms with Crippen molar-refractivity contribution in [3.8, 4) is 0 Å². The molecular formula is C7H11F3N4OS. The Morgan fingerprint density at radius 3 is 2.62 bits per heavy atom. The fraction of sp³-hybridized carbons (Fsp3) is 0.714. The number of aromatic nitrogens is 3. The molecule has 0 aromatic carbocycles. The number of hydrogen-bond donors (Lipinski definition) is 1. The lowest BCUT2D eigenvalue weighted by Crippen LogP contribution is -2.15. The Morgan fingerprint density at radius 1 is 1.44 bits per heavy atom. The maximum Gasteiger partial charge on any atom is 0.522 e. The van der Waals surface area contributed by atoms with Crippen molar-refractivity contribution < 1.29 is 17.9 Å². The van der Waals surface area contributed by atoms with Gasteiger partial charge in [0.25, 0.3) is 0 Å². The minimum atomic E-state index is -4.58. The Hall–Kier alpha value is -0.800. The van der Waals surface area contributed by atoms with E-state index in [0.29, 0.717) is 11.0 Å². The molecule has 0 atom stereocenters. The van der Waals surface area contributed by atoms with Crippen LogP contribution in [0, 0.1) is 0 Å². The number of hydrogen-bond acceptors (Lipinski definition) is 5. The molecule has 0 saturated heterocycles. The topological polar surface area (TPSA) is 66.0 Å². The number of ether oxygens (including phenoxy) is 1. The van der Waals surface area contributed by atoms with Gasteiger partial charge in [0.15, 0.2) is 5.16 Å². The van der Waals surface area contributed by atoms with E-state index in [0.717, 1.165) is 11.8 Å². The van der Waals surface area contributed by atoms with Crippen LogP contribution in [0.3, 0.4) is 0 Å². The highest BCUT2D eigenvalue weighted by atomic mass is 32.2. The third kappa shape index (κ3) is 3.99. The molecule has 0 radical (unpaired) electrons. The van der Waals surface area contributed by atoms with Crippen molar-refractivity contribution in [3.05, 3.63) is 5.82 Å². The summed E-state index contributed by atoms with van der Waals surface area (Å²) in [5.74, 6) is 0.731. The van der Waals surface area contributed by atoms with E-state index in [4.69, 9.17) is 5.73 Å². The van der Waals surface area contributed by atoms with Gasteiger partial charge >= 0.3 is 6.36 Å². The number of nitrogens with zero attached hydrogens (tertiary/aromatic N) is 3. The SMILES string of the molecule is Cn1c(CN)nnc1SCCOC(F)(F)F. The Bertz CT molecular complexity index is 341. The molecule has 0 amide bonds. The second kappa shape index (κ2) is 5.51. The van der Waals surface area contributed by atoms with Gasteiger partial charge in [0.05, 0.1) is 13.2 Å². The highest BCUT2D eigenvalue weighted by molar-refractivity contribution is 7.99. The lowest BCUT2D eigenvalue weighted by molar-refractivity contribution is -0.322. The molecule has 0 saturated carbocycles. The standard InChI is InChI=1S/C7H11F3N4OS/c1-14-5(4-11)12-13-6(14)16-3-2-15-7(8,9)10/h2-4,11H2,1H3. The normalized spacial score (nSPS) is 12.1. The Balaban J connectivity index is 2.35. The van der Waals surface area contributed by atoms with Gasteiger partial charge < -0.3 is 10.3 Å². The molecule has 1 aromatic heterocycles. The van der Waals surface area contributed by atoms with Crippen LogP contribution in [0.25, 0.3) is 0 Å². The summed E-state index contributed by atoms with van der Waals surface area (Å²) in [7, 11) is 1.70. The molecule has 1 heterocycles. The molecule has 0 unspecified atom stereocenters.